The molecular weight excluding hydrogens is 388 g/mol. The highest BCUT2D eigenvalue weighted by Crippen LogP contribution is 2.49. The van der Waals surface area contributed by atoms with Crippen LogP contribution in [-0.2, 0) is 4.79 Å². The van der Waals surface area contributed by atoms with E-state index >= 15 is 0 Å². The SMILES string of the molecule is COc1ccc(C=C2Oc3c(ccc4c3C(c3ccco3)CC(=O)O4)C2=O)cc1O. The van der Waals surface area contributed by atoms with Gasteiger partial charge in [-0.2, -0.15) is 0 Å². The van der Waals surface area contributed by atoms with Crippen molar-refractivity contribution in [3.05, 3.63) is 76.9 Å². The van der Waals surface area contributed by atoms with E-state index in [9.17, 15) is 14.7 Å². The van der Waals surface area contributed by atoms with Crippen LogP contribution in [0.2, 0.25) is 0 Å². The third-order valence-electron chi connectivity index (χ3n) is 5.17. The topological polar surface area (TPSA) is 95.2 Å². The zero-order valence-electron chi connectivity index (χ0n) is 15.9. The number of carbonyl (C=O) groups is 2. The first-order valence-corrected chi connectivity index (χ1v) is 9.27. The molecule has 7 heteroatoms. The van der Waals surface area contributed by atoms with E-state index in [4.69, 9.17) is 18.6 Å². The van der Waals surface area contributed by atoms with Crippen molar-refractivity contribution in [1.29, 1.82) is 0 Å². The molecular formula is C23H16O7. The molecule has 5 rings (SSSR count). The number of hydrogen-bond donors (Lipinski definition) is 1. The van der Waals surface area contributed by atoms with Gasteiger partial charge in [0, 0.05) is 5.56 Å². The Bertz CT molecular complexity index is 1200. The molecule has 30 heavy (non-hydrogen) atoms. The molecule has 1 unspecified atom stereocenters. The van der Waals surface area contributed by atoms with Crippen molar-refractivity contribution in [2.24, 2.45) is 0 Å². The number of phenolic OH excluding ortho intramolecular Hbond substituents is 1. The van der Waals surface area contributed by atoms with Crippen molar-refractivity contribution in [3.8, 4) is 23.0 Å². The Morgan fingerprint density at radius 2 is 2.00 bits per heavy atom. The number of furan rings is 1. The Balaban J connectivity index is 1.58. The van der Waals surface area contributed by atoms with Gasteiger partial charge in [0.25, 0.3) is 0 Å². The highest BCUT2D eigenvalue weighted by Gasteiger charge is 2.39. The highest BCUT2D eigenvalue weighted by atomic mass is 16.5. The summed E-state index contributed by atoms with van der Waals surface area (Å²) >= 11 is 0. The summed E-state index contributed by atoms with van der Waals surface area (Å²) in [6.45, 7) is 0. The summed E-state index contributed by atoms with van der Waals surface area (Å²) in [5.41, 5.74) is 1.57. The number of ether oxygens (including phenoxy) is 3. The van der Waals surface area contributed by atoms with Gasteiger partial charge in [0.15, 0.2) is 17.3 Å². The molecule has 3 heterocycles. The molecule has 2 aliphatic rings. The molecule has 1 N–H and O–H groups in total. The molecule has 0 fully saturated rings. The van der Waals surface area contributed by atoms with Crippen LogP contribution in [0.4, 0.5) is 0 Å². The fourth-order valence-electron chi connectivity index (χ4n) is 3.79. The van der Waals surface area contributed by atoms with Crippen LogP contribution in [0.25, 0.3) is 6.08 Å². The molecule has 2 aromatic carbocycles. The summed E-state index contributed by atoms with van der Waals surface area (Å²) < 4.78 is 21.9. The lowest BCUT2D eigenvalue weighted by atomic mass is 9.88. The van der Waals surface area contributed by atoms with Crippen LogP contribution in [0.1, 0.15) is 39.6 Å². The molecule has 0 saturated heterocycles. The second kappa shape index (κ2) is 6.81. The predicted molar refractivity (Wildman–Crippen MR) is 105 cm³/mol. The first-order valence-electron chi connectivity index (χ1n) is 9.27. The summed E-state index contributed by atoms with van der Waals surface area (Å²) in [5, 5.41) is 9.99. The number of benzene rings is 2. The van der Waals surface area contributed by atoms with Crippen LogP contribution in [0.3, 0.4) is 0 Å². The number of rotatable bonds is 3. The molecule has 0 saturated carbocycles. The van der Waals surface area contributed by atoms with Crippen molar-refractivity contribution >= 4 is 17.8 Å². The Kier molecular flexibility index (Phi) is 4.10. The first kappa shape index (κ1) is 18.1. The zero-order chi connectivity index (χ0) is 20.8. The fraction of sp³-hybridized carbons (Fsp3) is 0.130. The first-order chi connectivity index (χ1) is 14.5. The van der Waals surface area contributed by atoms with Gasteiger partial charge in [0.2, 0.25) is 5.78 Å². The molecule has 0 amide bonds. The largest absolute Gasteiger partial charge is 0.504 e. The van der Waals surface area contributed by atoms with E-state index in [1.54, 1.807) is 42.5 Å². The van der Waals surface area contributed by atoms with Crippen molar-refractivity contribution in [2.75, 3.05) is 7.11 Å². The normalized spacial score (nSPS) is 18.6. The number of phenols is 1. The quantitative estimate of drug-likeness (QED) is 0.400. The van der Waals surface area contributed by atoms with Gasteiger partial charge in [-0.15, -0.1) is 0 Å². The van der Waals surface area contributed by atoms with E-state index in [-0.39, 0.29) is 29.7 Å². The average molecular weight is 404 g/mol. The zero-order valence-corrected chi connectivity index (χ0v) is 15.9. The summed E-state index contributed by atoms with van der Waals surface area (Å²) in [6, 6.07) is 11.5. The van der Waals surface area contributed by atoms with Gasteiger partial charge in [-0.1, -0.05) is 6.07 Å². The molecule has 150 valence electrons. The van der Waals surface area contributed by atoms with Crippen molar-refractivity contribution < 1.29 is 33.3 Å². The Morgan fingerprint density at radius 1 is 1.13 bits per heavy atom. The fourth-order valence-corrected chi connectivity index (χ4v) is 3.79. The Labute approximate surface area is 171 Å². The maximum Gasteiger partial charge on any atom is 0.312 e. The standard InChI is InChI=1S/C23H16O7/c1-27-17-6-4-12(9-15(17)24)10-19-22(26)13-5-7-18-21(23(13)30-19)14(11-20(25)29-18)16-3-2-8-28-16/h2-10,14,24H,11H2,1H3. The highest BCUT2D eigenvalue weighted by molar-refractivity contribution is 6.15. The number of hydrogen-bond acceptors (Lipinski definition) is 7. The minimum absolute atomic E-state index is 0.0445. The van der Waals surface area contributed by atoms with E-state index in [0.717, 1.165) is 0 Å². The number of Topliss-reactive ketones (excluding diaryl/α,β-unsaturated/α-hetero) is 1. The van der Waals surface area contributed by atoms with Crippen LogP contribution in [0, 0.1) is 0 Å². The van der Waals surface area contributed by atoms with E-state index < -0.39 is 5.92 Å². The van der Waals surface area contributed by atoms with Gasteiger partial charge < -0.3 is 23.7 Å². The summed E-state index contributed by atoms with van der Waals surface area (Å²) in [6.07, 6.45) is 3.16. The van der Waals surface area contributed by atoms with Gasteiger partial charge >= 0.3 is 5.97 Å². The molecule has 0 radical (unpaired) electrons. The molecule has 0 spiro atoms. The second-order valence-electron chi connectivity index (χ2n) is 6.97. The average Bonchev–Trinajstić information content (AvgIpc) is 3.36. The molecule has 1 atom stereocenters. The van der Waals surface area contributed by atoms with Gasteiger partial charge in [0.1, 0.15) is 17.3 Å². The second-order valence-corrected chi connectivity index (χ2v) is 6.97. The lowest BCUT2D eigenvalue weighted by molar-refractivity contribution is -0.135. The molecule has 7 nitrogen and oxygen atoms in total. The van der Waals surface area contributed by atoms with Crippen LogP contribution < -0.4 is 14.2 Å². The van der Waals surface area contributed by atoms with E-state index in [1.165, 1.54) is 19.4 Å². The summed E-state index contributed by atoms with van der Waals surface area (Å²) in [7, 11) is 1.46. The van der Waals surface area contributed by atoms with Crippen LogP contribution in [0.15, 0.2) is 58.9 Å². The van der Waals surface area contributed by atoms with Crippen LogP contribution in [0.5, 0.6) is 23.0 Å². The summed E-state index contributed by atoms with van der Waals surface area (Å²) in [4.78, 5) is 25.0. The molecule has 3 aromatic rings. The number of methoxy groups -OCH3 is 1. The minimum Gasteiger partial charge on any atom is -0.504 e. The number of carbonyl (C=O) groups excluding carboxylic acids is 2. The summed E-state index contributed by atoms with van der Waals surface area (Å²) in [5.74, 6) is 0.610. The van der Waals surface area contributed by atoms with Gasteiger partial charge in [-0.3, -0.25) is 9.59 Å². The third kappa shape index (κ3) is 2.83. The van der Waals surface area contributed by atoms with Gasteiger partial charge in [-0.25, -0.2) is 0 Å². The van der Waals surface area contributed by atoms with Gasteiger partial charge in [-0.05, 0) is 48.0 Å². The van der Waals surface area contributed by atoms with Crippen molar-refractivity contribution in [3.63, 3.8) is 0 Å². The number of esters is 1. The minimum atomic E-state index is -0.414. The smallest absolute Gasteiger partial charge is 0.312 e. The Hall–Kier alpha value is -4.00. The van der Waals surface area contributed by atoms with Gasteiger partial charge in [0.05, 0.1) is 31.3 Å². The van der Waals surface area contributed by atoms with E-state index in [0.29, 0.717) is 39.7 Å². The Morgan fingerprint density at radius 3 is 2.73 bits per heavy atom. The maximum absolute atomic E-state index is 12.9. The van der Waals surface area contributed by atoms with Crippen molar-refractivity contribution in [2.45, 2.75) is 12.3 Å². The lowest BCUT2D eigenvalue weighted by Crippen LogP contribution is -2.21. The molecule has 0 bridgehead atoms. The molecule has 0 aliphatic carbocycles. The monoisotopic (exact) mass is 404 g/mol. The number of aromatic hydroxyl groups is 1. The number of allylic oxidation sites excluding steroid dienone is 1. The number of ketones is 1. The number of fused-ring (bicyclic) bond motifs is 3. The third-order valence-corrected chi connectivity index (χ3v) is 5.17. The van der Waals surface area contributed by atoms with E-state index in [2.05, 4.69) is 0 Å². The lowest BCUT2D eigenvalue weighted by Gasteiger charge is -2.24. The predicted octanol–water partition coefficient (Wildman–Crippen LogP) is 4.05. The van der Waals surface area contributed by atoms with Crippen molar-refractivity contribution in [1.82, 2.24) is 0 Å². The maximum atomic E-state index is 12.9. The van der Waals surface area contributed by atoms with Crippen LogP contribution >= 0.6 is 0 Å². The molecule has 2 aliphatic heterocycles. The van der Waals surface area contributed by atoms with E-state index in [1.807, 2.05) is 0 Å². The molecule has 1 aromatic heterocycles. The van der Waals surface area contributed by atoms with Crippen LogP contribution in [-0.4, -0.2) is 24.0 Å².